The number of hydrogen-bond donors (Lipinski definition) is 2. The Kier molecular flexibility index (Phi) is 4.85. The van der Waals surface area contributed by atoms with E-state index in [-0.39, 0.29) is 35.1 Å². The molecule has 146 valence electrons. The van der Waals surface area contributed by atoms with Crippen molar-refractivity contribution in [1.29, 1.82) is 0 Å². The molecule has 0 amide bonds. The van der Waals surface area contributed by atoms with Crippen LogP contribution < -0.4 is 5.32 Å². The number of allylic oxidation sites excluding steroid dienone is 1. The average molecular weight is 373 g/mol. The molecule has 1 aliphatic heterocycles. The van der Waals surface area contributed by atoms with Gasteiger partial charge in [0.05, 0.1) is 12.0 Å². The molecule has 4 nitrogen and oxygen atoms in total. The first-order chi connectivity index (χ1) is 12.9. The van der Waals surface area contributed by atoms with E-state index in [1.165, 1.54) is 17.7 Å². The standard InChI is InChI=1S/C22H28FNO3/c1-13-4-3-5-15-10-18-19(20(25)22(13,15)2)17(21(26)27-18)12-24-11-14-6-8-16(23)9-7-14/h5-9,13,17-20,24-25H,3-4,10-12H2,1-2H3/t13-,17+,18-,19-,20-,22-/m1/s1. The normalized spacial score (nSPS) is 38.0. The van der Waals surface area contributed by atoms with Gasteiger partial charge in [-0.05, 0) is 36.5 Å². The van der Waals surface area contributed by atoms with Crippen LogP contribution in [-0.2, 0) is 16.1 Å². The third-order valence-corrected chi connectivity index (χ3v) is 7.18. The Morgan fingerprint density at radius 1 is 1.33 bits per heavy atom. The number of benzene rings is 1. The monoisotopic (exact) mass is 373 g/mol. The molecule has 2 N–H and O–H groups in total. The molecule has 0 aromatic heterocycles. The van der Waals surface area contributed by atoms with Crippen molar-refractivity contribution < 1.29 is 19.0 Å². The molecule has 0 unspecified atom stereocenters. The van der Waals surface area contributed by atoms with Crippen LogP contribution in [0.3, 0.4) is 0 Å². The summed E-state index contributed by atoms with van der Waals surface area (Å²) in [5.41, 5.74) is 1.94. The topological polar surface area (TPSA) is 58.6 Å². The number of aliphatic hydroxyl groups is 1. The first-order valence-electron chi connectivity index (χ1n) is 9.94. The number of aliphatic hydroxyl groups excluding tert-OH is 1. The van der Waals surface area contributed by atoms with Crippen LogP contribution in [0, 0.1) is 29.0 Å². The lowest BCUT2D eigenvalue weighted by atomic mass is 9.55. The number of carbonyl (C=O) groups excluding carboxylic acids is 1. The summed E-state index contributed by atoms with van der Waals surface area (Å²) in [6, 6.07) is 6.33. The SMILES string of the molecule is C[C@@H]1CCC=C2C[C@H]3OC(=O)[C@@H](CNCc4ccc(F)cc4)[C@H]3[C@@H](O)[C@@]21C. The largest absolute Gasteiger partial charge is 0.461 e. The van der Waals surface area contributed by atoms with E-state index in [1.54, 1.807) is 12.1 Å². The highest BCUT2D eigenvalue weighted by atomic mass is 19.1. The van der Waals surface area contributed by atoms with Crippen LogP contribution >= 0.6 is 0 Å². The third kappa shape index (κ3) is 3.11. The van der Waals surface area contributed by atoms with Crippen LogP contribution in [0.15, 0.2) is 35.9 Å². The molecule has 1 aromatic carbocycles. The predicted octanol–water partition coefficient (Wildman–Crippen LogP) is 3.20. The fourth-order valence-corrected chi connectivity index (χ4v) is 5.27. The van der Waals surface area contributed by atoms with Crippen molar-refractivity contribution >= 4 is 5.97 Å². The summed E-state index contributed by atoms with van der Waals surface area (Å²) in [5, 5.41) is 14.6. The Morgan fingerprint density at radius 3 is 2.81 bits per heavy atom. The summed E-state index contributed by atoms with van der Waals surface area (Å²) >= 11 is 0. The molecule has 5 heteroatoms. The molecule has 0 bridgehead atoms. The Morgan fingerprint density at radius 2 is 2.07 bits per heavy atom. The molecule has 4 rings (SSSR count). The lowest BCUT2D eigenvalue weighted by Gasteiger charge is -2.51. The van der Waals surface area contributed by atoms with Gasteiger partial charge in [-0.15, -0.1) is 0 Å². The third-order valence-electron chi connectivity index (χ3n) is 7.18. The summed E-state index contributed by atoms with van der Waals surface area (Å²) in [6.07, 6.45) is 4.27. The maximum absolute atomic E-state index is 13.0. The van der Waals surface area contributed by atoms with Crippen LogP contribution in [0.1, 0.15) is 38.7 Å². The van der Waals surface area contributed by atoms with Gasteiger partial charge in [0.15, 0.2) is 0 Å². The van der Waals surface area contributed by atoms with E-state index in [9.17, 15) is 14.3 Å². The highest BCUT2D eigenvalue weighted by molar-refractivity contribution is 5.76. The molecule has 1 saturated carbocycles. The van der Waals surface area contributed by atoms with Gasteiger partial charge in [0.25, 0.3) is 0 Å². The zero-order valence-corrected chi connectivity index (χ0v) is 16.0. The number of nitrogens with one attached hydrogen (secondary N) is 1. The summed E-state index contributed by atoms with van der Waals surface area (Å²) in [7, 11) is 0. The zero-order valence-electron chi connectivity index (χ0n) is 16.0. The first kappa shape index (κ1) is 18.6. The number of ether oxygens (including phenoxy) is 1. The van der Waals surface area contributed by atoms with Gasteiger partial charge in [-0.3, -0.25) is 4.79 Å². The number of esters is 1. The number of hydrogen-bond acceptors (Lipinski definition) is 4. The first-order valence-corrected chi connectivity index (χ1v) is 9.94. The van der Waals surface area contributed by atoms with E-state index in [1.807, 2.05) is 0 Å². The summed E-state index contributed by atoms with van der Waals surface area (Å²) in [4.78, 5) is 12.5. The van der Waals surface area contributed by atoms with Gasteiger partial charge < -0.3 is 15.2 Å². The zero-order chi connectivity index (χ0) is 19.2. The van der Waals surface area contributed by atoms with Crippen molar-refractivity contribution in [3.8, 4) is 0 Å². The van der Waals surface area contributed by atoms with Crippen molar-refractivity contribution in [2.75, 3.05) is 6.54 Å². The minimum absolute atomic E-state index is 0.180. The second-order valence-electron chi connectivity index (χ2n) is 8.56. The number of rotatable bonds is 4. The van der Waals surface area contributed by atoms with Crippen LogP contribution in [0.4, 0.5) is 4.39 Å². The van der Waals surface area contributed by atoms with E-state index in [2.05, 4.69) is 25.2 Å². The molecule has 0 radical (unpaired) electrons. The van der Waals surface area contributed by atoms with E-state index in [0.29, 0.717) is 19.0 Å². The van der Waals surface area contributed by atoms with Crippen LogP contribution in [0.25, 0.3) is 0 Å². The molecule has 2 aliphatic carbocycles. The Hall–Kier alpha value is -1.72. The molecule has 27 heavy (non-hydrogen) atoms. The summed E-state index contributed by atoms with van der Waals surface area (Å²) in [5.74, 6) is -0.619. The van der Waals surface area contributed by atoms with Crippen molar-refractivity contribution in [2.24, 2.45) is 23.2 Å². The van der Waals surface area contributed by atoms with Crippen LogP contribution in [-0.4, -0.2) is 29.8 Å². The second kappa shape index (κ2) is 7.02. The Bertz CT molecular complexity index is 746. The molecule has 3 aliphatic rings. The number of carbonyl (C=O) groups is 1. The second-order valence-corrected chi connectivity index (χ2v) is 8.56. The van der Waals surface area contributed by atoms with Gasteiger partial charge in [0.2, 0.25) is 0 Å². The van der Waals surface area contributed by atoms with Crippen LogP contribution in [0.5, 0.6) is 0 Å². The van der Waals surface area contributed by atoms with Gasteiger partial charge in [-0.1, -0.05) is 37.6 Å². The minimum Gasteiger partial charge on any atom is -0.461 e. The fourth-order valence-electron chi connectivity index (χ4n) is 5.27. The fraction of sp³-hybridized carbons (Fsp3) is 0.591. The van der Waals surface area contributed by atoms with Crippen molar-refractivity contribution in [3.63, 3.8) is 0 Å². The minimum atomic E-state index is -0.582. The highest BCUT2D eigenvalue weighted by Crippen LogP contribution is 2.55. The molecular weight excluding hydrogens is 345 g/mol. The van der Waals surface area contributed by atoms with Crippen molar-refractivity contribution in [3.05, 3.63) is 47.3 Å². The Balaban J connectivity index is 1.48. The lowest BCUT2D eigenvalue weighted by Crippen LogP contribution is -2.54. The average Bonchev–Trinajstić information content (AvgIpc) is 2.95. The molecule has 6 atom stereocenters. The van der Waals surface area contributed by atoms with Gasteiger partial charge in [-0.2, -0.15) is 0 Å². The molecule has 2 fully saturated rings. The summed E-state index contributed by atoms with van der Waals surface area (Å²) in [6.45, 7) is 5.36. The molecule has 1 aromatic rings. The molecule has 0 spiro atoms. The Labute approximate surface area is 159 Å². The molecule has 1 saturated heterocycles. The smallest absolute Gasteiger partial charge is 0.311 e. The van der Waals surface area contributed by atoms with E-state index < -0.39 is 6.10 Å². The van der Waals surface area contributed by atoms with E-state index in [4.69, 9.17) is 4.74 Å². The number of halogens is 1. The van der Waals surface area contributed by atoms with E-state index in [0.717, 1.165) is 24.8 Å². The van der Waals surface area contributed by atoms with E-state index >= 15 is 0 Å². The van der Waals surface area contributed by atoms with Gasteiger partial charge >= 0.3 is 5.97 Å². The predicted molar refractivity (Wildman–Crippen MR) is 100 cm³/mol. The number of fused-ring (bicyclic) bond motifs is 2. The molecule has 1 heterocycles. The quantitative estimate of drug-likeness (QED) is 0.629. The lowest BCUT2D eigenvalue weighted by molar-refractivity contribution is -0.144. The maximum atomic E-state index is 13.0. The summed E-state index contributed by atoms with van der Waals surface area (Å²) < 4.78 is 18.7. The van der Waals surface area contributed by atoms with Crippen molar-refractivity contribution in [1.82, 2.24) is 5.32 Å². The maximum Gasteiger partial charge on any atom is 0.311 e. The highest BCUT2D eigenvalue weighted by Gasteiger charge is 2.59. The van der Waals surface area contributed by atoms with Crippen LogP contribution in [0.2, 0.25) is 0 Å². The van der Waals surface area contributed by atoms with Gasteiger partial charge in [0, 0.05) is 30.8 Å². The van der Waals surface area contributed by atoms with Gasteiger partial charge in [-0.25, -0.2) is 4.39 Å². The van der Waals surface area contributed by atoms with Gasteiger partial charge in [0.1, 0.15) is 11.9 Å². The van der Waals surface area contributed by atoms with Crippen molar-refractivity contribution in [2.45, 2.75) is 51.9 Å². The molecular formula is C22H28FNO3.